The molecule has 2 N–H and O–H groups in total. The van der Waals surface area contributed by atoms with Gasteiger partial charge in [0.2, 0.25) is 0 Å². The van der Waals surface area contributed by atoms with Gasteiger partial charge in [-0.2, -0.15) is 0 Å². The van der Waals surface area contributed by atoms with Gasteiger partial charge in [-0.05, 0) is 30.2 Å². The summed E-state index contributed by atoms with van der Waals surface area (Å²) in [6.45, 7) is 6.08. The Hall–Kier alpha value is -3.33. The Morgan fingerprint density at radius 1 is 0.880 bits per heavy atom. The largest absolute Gasteiger partial charge is 0.343 e. The van der Waals surface area contributed by atoms with Gasteiger partial charge in [0.15, 0.2) is 0 Å². The molecule has 0 bridgehead atoms. The fourth-order valence-corrected chi connectivity index (χ4v) is 3.04. The van der Waals surface area contributed by atoms with Gasteiger partial charge in [-0.3, -0.25) is 0 Å². The van der Waals surface area contributed by atoms with Crippen molar-refractivity contribution in [1.29, 1.82) is 0 Å². The number of nitrogens with zero attached hydrogens (tertiary/aromatic N) is 1. The van der Waals surface area contributed by atoms with Gasteiger partial charge in [0.1, 0.15) is 11.7 Å². The average Bonchev–Trinajstić information content (AvgIpc) is 3.19. The summed E-state index contributed by atoms with van der Waals surface area (Å²) in [5.74, 6) is 1.66. The summed E-state index contributed by atoms with van der Waals surface area (Å²) in [4.78, 5) is 8.26. The molecule has 1 aromatic heterocycles. The second kappa shape index (κ2) is 6.29. The maximum Gasteiger partial charge on any atom is 0.140 e. The Morgan fingerprint density at radius 3 is 2.20 bits per heavy atom. The van der Waals surface area contributed by atoms with Crippen molar-refractivity contribution in [2.45, 2.75) is 6.92 Å². The van der Waals surface area contributed by atoms with Crippen molar-refractivity contribution >= 4 is 17.2 Å². The number of benzene rings is 2. The van der Waals surface area contributed by atoms with Crippen LogP contribution in [0.4, 0.5) is 5.82 Å². The van der Waals surface area contributed by atoms with Gasteiger partial charge < -0.3 is 10.3 Å². The van der Waals surface area contributed by atoms with Gasteiger partial charge in [-0.25, -0.2) is 4.99 Å². The predicted molar refractivity (Wildman–Crippen MR) is 105 cm³/mol. The summed E-state index contributed by atoms with van der Waals surface area (Å²) in [6, 6.07) is 22.7. The number of allylic oxidation sites excluding steroid dienone is 1. The number of hydrogen-bond acceptors (Lipinski definition) is 1. The number of aromatic amines is 1. The van der Waals surface area contributed by atoms with E-state index in [2.05, 4.69) is 47.2 Å². The lowest BCUT2D eigenvalue weighted by Crippen LogP contribution is -2.15. The number of amidine groups is 1. The lowest BCUT2D eigenvalue weighted by atomic mass is 10.1. The van der Waals surface area contributed by atoms with Crippen LogP contribution >= 0.6 is 0 Å². The van der Waals surface area contributed by atoms with E-state index in [0.29, 0.717) is 0 Å². The molecular weight excluding hydrogens is 306 g/mol. The second-order valence-corrected chi connectivity index (χ2v) is 6.12. The zero-order valence-electron chi connectivity index (χ0n) is 14.1. The van der Waals surface area contributed by atoms with E-state index in [1.807, 2.05) is 49.4 Å². The van der Waals surface area contributed by atoms with Crippen LogP contribution in [0.15, 0.2) is 90.1 Å². The van der Waals surface area contributed by atoms with Crippen molar-refractivity contribution in [2.24, 2.45) is 4.99 Å². The first-order valence-corrected chi connectivity index (χ1v) is 8.28. The van der Waals surface area contributed by atoms with Crippen molar-refractivity contribution in [2.75, 3.05) is 0 Å². The summed E-state index contributed by atoms with van der Waals surface area (Å²) in [7, 11) is 0. The molecule has 0 spiro atoms. The molecule has 4 rings (SSSR count). The summed E-state index contributed by atoms with van der Waals surface area (Å²) in [6.07, 6.45) is 2.03. The fraction of sp³-hybridized carbons (Fsp3) is 0.0455. The molecule has 0 amide bonds. The number of aromatic nitrogens is 1. The molecule has 0 unspecified atom stereocenters. The Balaban J connectivity index is 1.79. The standard InChI is InChI=1S/C22H19N3/c1-15-13-19(17-9-5-3-6-10-17)21(23-15)25-22-20(14-16(2)24-22)18-11-7-4-8-12-18/h3-14,24H,1H2,2H3,(H,23,25). The minimum atomic E-state index is 0.815. The van der Waals surface area contributed by atoms with Crippen molar-refractivity contribution in [3.63, 3.8) is 0 Å². The highest BCUT2D eigenvalue weighted by Gasteiger charge is 2.18. The maximum absolute atomic E-state index is 4.88. The van der Waals surface area contributed by atoms with E-state index < -0.39 is 0 Å². The Morgan fingerprint density at radius 2 is 1.52 bits per heavy atom. The number of rotatable bonds is 3. The van der Waals surface area contributed by atoms with Gasteiger partial charge in [-0.15, -0.1) is 0 Å². The zero-order valence-corrected chi connectivity index (χ0v) is 14.1. The van der Waals surface area contributed by atoms with Gasteiger partial charge in [0.25, 0.3) is 0 Å². The molecule has 0 aliphatic carbocycles. The SMILES string of the molecule is C=C1C=C(c2ccccc2)C(=Nc2[nH]c(C)cc2-c2ccccc2)N1. The minimum Gasteiger partial charge on any atom is -0.343 e. The monoisotopic (exact) mass is 325 g/mol. The van der Waals surface area contributed by atoms with Crippen LogP contribution in [0, 0.1) is 6.92 Å². The van der Waals surface area contributed by atoms with Crippen LogP contribution in [-0.4, -0.2) is 10.8 Å². The van der Waals surface area contributed by atoms with Crippen molar-refractivity contribution in [3.8, 4) is 11.1 Å². The molecule has 25 heavy (non-hydrogen) atoms. The lowest BCUT2D eigenvalue weighted by molar-refractivity contribution is 1.20. The van der Waals surface area contributed by atoms with E-state index in [4.69, 9.17) is 4.99 Å². The normalized spacial score (nSPS) is 15.3. The predicted octanol–water partition coefficient (Wildman–Crippen LogP) is 5.22. The van der Waals surface area contributed by atoms with Crippen LogP contribution in [0.2, 0.25) is 0 Å². The third-order valence-corrected chi connectivity index (χ3v) is 4.18. The molecule has 3 heteroatoms. The van der Waals surface area contributed by atoms with Crippen LogP contribution in [0.1, 0.15) is 11.3 Å². The third kappa shape index (κ3) is 3.04. The molecule has 3 aromatic rings. The first-order chi connectivity index (χ1) is 12.2. The molecule has 0 saturated heterocycles. The molecule has 2 aromatic carbocycles. The summed E-state index contributed by atoms with van der Waals surface area (Å²) >= 11 is 0. The van der Waals surface area contributed by atoms with Gasteiger partial charge in [0.05, 0.1) is 0 Å². The fourth-order valence-electron chi connectivity index (χ4n) is 3.04. The topological polar surface area (TPSA) is 40.2 Å². The Bertz CT molecular complexity index is 977. The van der Waals surface area contributed by atoms with Crippen LogP contribution in [-0.2, 0) is 0 Å². The summed E-state index contributed by atoms with van der Waals surface area (Å²) in [5.41, 5.74) is 6.35. The number of aryl methyl sites for hydroxylation is 1. The quantitative estimate of drug-likeness (QED) is 0.681. The lowest BCUT2D eigenvalue weighted by Gasteiger charge is -2.07. The first-order valence-electron chi connectivity index (χ1n) is 8.28. The molecular formula is C22H19N3. The number of hydrogen-bond donors (Lipinski definition) is 2. The van der Waals surface area contributed by atoms with Crippen molar-refractivity contribution in [1.82, 2.24) is 10.3 Å². The molecule has 0 radical (unpaired) electrons. The summed E-state index contributed by atoms with van der Waals surface area (Å²) < 4.78 is 0. The van der Waals surface area contributed by atoms with Crippen molar-refractivity contribution in [3.05, 3.63) is 96.3 Å². The minimum absolute atomic E-state index is 0.815. The highest BCUT2D eigenvalue weighted by Crippen LogP contribution is 2.32. The number of nitrogens with one attached hydrogen (secondary N) is 2. The Kier molecular flexibility index (Phi) is 3.82. The zero-order chi connectivity index (χ0) is 17.2. The van der Waals surface area contributed by atoms with E-state index in [1.165, 1.54) is 0 Å². The highest BCUT2D eigenvalue weighted by atomic mass is 15.1. The molecule has 3 nitrogen and oxygen atoms in total. The average molecular weight is 325 g/mol. The van der Waals surface area contributed by atoms with Crippen LogP contribution in [0.25, 0.3) is 16.7 Å². The summed E-state index contributed by atoms with van der Waals surface area (Å²) in [5, 5.41) is 3.28. The van der Waals surface area contributed by atoms with Crippen LogP contribution in [0.3, 0.4) is 0 Å². The maximum atomic E-state index is 4.88. The molecule has 1 aliphatic heterocycles. The molecule has 122 valence electrons. The highest BCUT2D eigenvalue weighted by molar-refractivity contribution is 6.27. The van der Waals surface area contributed by atoms with E-state index >= 15 is 0 Å². The number of aliphatic imine (C=N–C) groups is 1. The van der Waals surface area contributed by atoms with E-state index in [1.54, 1.807) is 0 Å². The van der Waals surface area contributed by atoms with Gasteiger partial charge in [0, 0.05) is 22.5 Å². The van der Waals surface area contributed by atoms with E-state index in [9.17, 15) is 0 Å². The van der Waals surface area contributed by atoms with E-state index in [0.717, 1.165) is 45.3 Å². The Labute approximate surface area is 147 Å². The van der Waals surface area contributed by atoms with Gasteiger partial charge in [-0.1, -0.05) is 67.2 Å². The number of H-pyrrole nitrogens is 1. The second-order valence-electron chi connectivity index (χ2n) is 6.12. The van der Waals surface area contributed by atoms with Crippen molar-refractivity contribution < 1.29 is 0 Å². The van der Waals surface area contributed by atoms with Crippen LogP contribution < -0.4 is 5.32 Å². The molecule has 0 saturated carbocycles. The smallest absolute Gasteiger partial charge is 0.140 e. The molecule has 2 heterocycles. The molecule has 0 atom stereocenters. The molecule has 1 aliphatic rings. The van der Waals surface area contributed by atoms with Gasteiger partial charge >= 0.3 is 0 Å². The van der Waals surface area contributed by atoms with E-state index in [-0.39, 0.29) is 0 Å². The molecule has 0 fully saturated rings. The first kappa shape index (κ1) is 15.2. The van der Waals surface area contributed by atoms with Crippen LogP contribution in [0.5, 0.6) is 0 Å². The third-order valence-electron chi connectivity index (χ3n) is 4.18.